The number of nitrogens with one attached hydrogen (secondary N) is 1. The summed E-state index contributed by atoms with van der Waals surface area (Å²) >= 11 is 0. The van der Waals surface area contributed by atoms with Crippen molar-refractivity contribution in [1.82, 2.24) is 9.97 Å². The van der Waals surface area contributed by atoms with E-state index in [4.69, 9.17) is 5.73 Å². The van der Waals surface area contributed by atoms with Crippen LogP contribution in [0.15, 0.2) is 12.4 Å². The Morgan fingerprint density at radius 3 is 3.06 bits per heavy atom. The third kappa shape index (κ3) is 2.85. The van der Waals surface area contributed by atoms with Crippen LogP contribution in [0.5, 0.6) is 0 Å². The molecular weight excluding hydrogens is 216 g/mol. The first-order valence-corrected chi connectivity index (χ1v) is 6.10. The van der Waals surface area contributed by atoms with E-state index in [0.29, 0.717) is 17.6 Å². The van der Waals surface area contributed by atoms with Crippen LogP contribution in [0.1, 0.15) is 32.6 Å². The zero-order valence-corrected chi connectivity index (χ0v) is 10.2. The molecule has 0 saturated heterocycles. The Morgan fingerprint density at radius 1 is 1.59 bits per heavy atom. The Balaban J connectivity index is 2.13. The van der Waals surface area contributed by atoms with Crippen molar-refractivity contribution in [3.05, 3.63) is 12.4 Å². The lowest BCUT2D eigenvalue weighted by molar-refractivity contribution is 0.149. The number of nitrogens with two attached hydrogens (primary N) is 1. The highest BCUT2D eigenvalue weighted by Gasteiger charge is 2.34. The summed E-state index contributed by atoms with van der Waals surface area (Å²) in [6.07, 6.45) is 5.74. The average Bonchev–Trinajstić information content (AvgIpc) is 2.29. The lowest BCUT2D eigenvalue weighted by atomic mass is 9.77. The van der Waals surface area contributed by atoms with Gasteiger partial charge in [0.15, 0.2) is 0 Å². The fourth-order valence-corrected chi connectivity index (χ4v) is 2.67. The van der Waals surface area contributed by atoms with E-state index in [0.717, 1.165) is 19.3 Å². The Bertz CT molecular complexity index is 385. The molecular formula is C12H20N4O. The van der Waals surface area contributed by atoms with Gasteiger partial charge in [0.05, 0.1) is 12.1 Å². The van der Waals surface area contributed by atoms with E-state index in [9.17, 15) is 5.11 Å². The second-order valence-corrected chi connectivity index (χ2v) is 5.09. The minimum absolute atomic E-state index is 0.126. The molecule has 0 bridgehead atoms. The zero-order chi connectivity index (χ0) is 12.3. The van der Waals surface area contributed by atoms with E-state index in [1.165, 1.54) is 12.7 Å². The van der Waals surface area contributed by atoms with Crippen molar-refractivity contribution in [3.8, 4) is 0 Å². The molecule has 17 heavy (non-hydrogen) atoms. The summed E-state index contributed by atoms with van der Waals surface area (Å²) in [6, 6.07) is 1.71. The molecule has 0 spiro atoms. The fraction of sp³-hybridized carbons (Fsp3) is 0.667. The summed E-state index contributed by atoms with van der Waals surface area (Å²) < 4.78 is 0. The predicted molar refractivity (Wildman–Crippen MR) is 67.5 cm³/mol. The molecule has 0 aromatic carbocycles. The maximum atomic E-state index is 9.65. The molecule has 1 aromatic heterocycles. The summed E-state index contributed by atoms with van der Waals surface area (Å²) in [5, 5.41) is 13.0. The van der Waals surface area contributed by atoms with Gasteiger partial charge in [-0.05, 0) is 18.8 Å². The molecule has 2 rings (SSSR count). The van der Waals surface area contributed by atoms with Crippen molar-refractivity contribution in [1.29, 1.82) is 0 Å². The van der Waals surface area contributed by atoms with Gasteiger partial charge in [-0.1, -0.05) is 19.8 Å². The first kappa shape index (κ1) is 12.1. The largest absolute Gasteiger partial charge is 0.394 e. The molecule has 1 aromatic rings. The predicted octanol–water partition coefficient (Wildman–Crippen LogP) is 1.41. The first-order chi connectivity index (χ1) is 8.13. The summed E-state index contributed by atoms with van der Waals surface area (Å²) in [5.74, 6) is 1.77. The molecule has 1 saturated carbocycles. The zero-order valence-electron chi connectivity index (χ0n) is 10.2. The standard InChI is InChI=1S/C12H20N4O/c1-9-3-2-4-12(6-9,7-17)16-11-5-10(13)14-8-15-11/h5,8-9,17H,2-4,6-7H2,1H3,(H3,13,14,15,16). The highest BCUT2D eigenvalue weighted by Crippen LogP contribution is 2.34. The highest BCUT2D eigenvalue weighted by molar-refractivity contribution is 5.45. The fourth-order valence-electron chi connectivity index (χ4n) is 2.67. The Labute approximate surface area is 101 Å². The Kier molecular flexibility index (Phi) is 3.47. The van der Waals surface area contributed by atoms with Gasteiger partial charge in [0.25, 0.3) is 0 Å². The molecule has 0 amide bonds. The number of hydrogen-bond donors (Lipinski definition) is 3. The molecule has 4 N–H and O–H groups in total. The maximum Gasteiger partial charge on any atom is 0.131 e. The van der Waals surface area contributed by atoms with E-state index in [2.05, 4.69) is 22.2 Å². The number of aliphatic hydroxyl groups is 1. The molecule has 1 fully saturated rings. The first-order valence-electron chi connectivity index (χ1n) is 6.10. The van der Waals surface area contributed by atoms with Crippen LogP contribution in [-0.4, -0.2) is 27.2 Å². The lowest BCUT2D eigenvalue weighted by Crippen LogP contribution is -2.46. The minimum atomic E-state index is -0.252. The van der Waals surface area contributed by atoms with Gasteiger partial charge in [-0.2, -0.15) is 0 Å². The van der Waals surface area contributed by atoms with Crippen LogP contribution in [0, 0.1) is 5.92 Å². The van der Waals surface area contributed by atoms with Gasteiger partial charge in [-0.25, -0.2) is 9.97 Å². The van der Waals surface area contributed by atoms with Crippen molar-refractivity contribution in [2.75, 3.05) is 17.7 Å². The van der Waals surface area contributed by atoms with Crippen molar-refractivity contribution >= 4 is 11.6 Å². The van der Waals surface area contributed by atoms with Crippen LogP contribution >= 0.6 is 0 Å². The van der Waals surface area contributed by atoms with Gasteiger partial charge in [0, 0.05) is 6.07 Å². The smallest absolute Gasteiger partial charge is 0.131 e. The van der Waals surface area contributed by atoms with E-state index in [1.807, 2.05) is 0 Å². The van der Waals surface area contributed by atoms with Crippen LogP contribution in [0.25, 0.3) is 0 Å². The number of hydrogen-bond acceptors (Lipinski definition) is 5. The molecule has 0 aliphatic heterocycles. The number of rotatable bonds is 3. The van der Waals surface area contributed by atoms with E-state index >= 15 is 0 Å². The van der Waals surface area contributed by atoms with Crippen molar-refractivity contribution in [2.45, 2.75) is 38.1 Å². The SMILES string of the molecule is CC1CCCC(CO)(Nc2cc(N)ncn2)C1. The van der Waals surface area contributed by atoms with E-state index in [-0.39, 0.29) is 12.1 Å². The monoisotopic (exact) mass is 236 g/mol. The Hall–Kier alpha value is -1.36. The third-order valence-electron chi connectivity index (χ3n) is 3.48. The van der Waals surface area contributed by atoms with E-state index < -0.39 is 0 Å². The van der Waals surface area contributed by atoms with Crippen LogP contribution in [0.4, 0.5) is 11.6 Å². The molecule has 5 heteroatoms. The van der Waals surface area contributed by atoms with E-state index in [1.54, 1.807) is 6.07 Å². The Morgan fingerprint density at radius 2 is 2.41 bits per heavy atom. The minimum Gasteiger partial charge on any atom is -0.394 e. The number of anilines is 2. The van der Waals surface area contributed by atoms with Gasteiger partial charge in [0.2, 0.25) is 0 Å². The maximum absolute atomic E-state index is 9.65. The van der Waals surface area contributed by atoms with Gasteiger partial charge in [-0.3, -0.25) is 0 Å². The molecule has 1 aliphatic rings. The summed E-state index contributed by atoms with van der Waals surface area (Å²) in [4.78, 5) is 8.00. The topological polar surface area (TPSA) is 84.1 Å². The number of nitrogens with zero attached hydrogens (tertiary/aromatic N) is 2. The normalized spacial score (nSPS) is 28.9. The number of aliphatic hydroxyl groups excluding tert-OH is 1. The van der Waals surface area contributed by atoms with Crippen LogP contribution < -0.4 is 11.1 Å². The summed E-state index contributed by atoms with van der Waals surface area (Å²) in [6.45, 7) is 2.35. The number of nitrogen functional groups attached to an aromatic ring is 1. The van der Waals surface area contributed by atoms with Crippen LogP contribution in [0.3, 0.4) is 0 Å². The van der Waals surface area contributed by atoms with Gasteiger partial charge in [0.1, 0.15) is 18.0 Å². The van der Waals surface area contributed by atoms with Gasteiger partial charge < -0.3 is 16.2 Å². The number of aromatic nitrogens is 2. The van der Waals surface area contributed by atoms with Crippen LogP contribution in [0.2, 0.25) is 0 Å². The summed E-state index contributed by atoms with van der Waals surface area (Å²) in [5.41, 5.74) is 5.37. The van der Waals surface area contributed by atoms with Gasteiger partial charge in [-0.15, -0.1) is 0 Å². The van der Waals surface area contributed by atoms with Crippen LogP contribution in [-0.2, 0) is 0 Å². The second-order valence-electron chi connectivity index (χ2n) is 5.09. The highest BCUT2D eigenvalue weighted by atomic mass is 16.3. The quantitative estimate of drug-likeness (QED) is 0.739. The lowest BCUT2D eigenvalue weighted by Gasteiger charge is -2.39. The van der Waals surface area contributed by atoms with Crippen molar-refractivity contribution in [3.63, 3.8) is 0 Å². The molecule has 0 radical (unpaired) electrons. The molecule has 94 valence electrons. The van der Waals surface area contributed by atoms with Crippen molar-refractivity contribution < 1.29 is 5.11 Å². The molecule has 2 atom stereocenters. The molecule has 2 unspecified atom stereocenters. The third-order valence-corrected chi connectivity index (χ3v) is 3.48. The average molecular weight is 236 g/mol. The molecule has 1 heterocycles. The summed E-state index contributed by atoms with van der Waals surface area (Å²) in [7, 11) is 0. The second kappa shape index (κ2) is 4.87. The van der Waals surface area contributed by atoms with Crippen molar-refractivity contribution in [2.24, 2.45) is 5.92 Å². The molecule has 5 nitrogen and oxygen atoms in total. The van der Waals surface area contributed by atoms with Gasteiger partial charge >= 0.3 is 0 Å². The molecule has 1 aliphatic carbocycles.